The number of esters is 1. The maximum atomic E-state index is 12.5. The molecule has 0 fully saturated rings. The Bertz CT molecular complexity index is 1420. The zero-order chi connectivity index (χ0) is 28.9. The highest BCUT2D eigenvalue weighted by molar-refractivity contribution is 6.06. The first-order valence-corrected chi connectivity index (χ1v) is 13.4. The van der Waals surface area contributed by atoms with Crippen molar-refractivity contribution in [1.29, 1.82) is 0 Å². The third-order valence-electron chi connectivity index (χ3n) is 6.12. The Hall–Kier alpha value is -5.04. The van der Waals surface area contributed by atoms with E-state index in [1.807, 2.05) is 18.2 Å². The molecule has 2 N–H and O–H groups in total. The molecule has 0 aliphatic carbocycles. The van der Waals surface area contributed by atoms with Crippen molar-refractivity contribution in [2.45, 2.75) is 25.7 Å². The Balaban J connectivity index is 1.12. The molecule has 0 aromatic heterocycles. The zero-order valence-electron chi connectivity index (χ0n) is 22.6. The summed E-state index contributed by atoms with van der Waals surface area (Å²) in [6.45, 7) is 1.06. The third-order valence-corrected chi connectivity index (χ3v) is 6.12. The summed E-state index contributed by atoms with van der Waals surface area (Å²) in [7, 11) is 0. The molecule has 0 amide bonds. The Morgan fingerprint density at radius 3 is 1.83 bits per heavy atom. The van der Waals surface area contributed by atoms with Gasteiger partial charge in [-0.3, -0.25) is 4.79 Å². The van der Waals surface area contributed by atoms with Gasteiger partial charge in [0.05, 0.1) is 18.8 Å². The fourth-order valence-electron chi connectivity index (χ4n) is 3.96. The predicted molar refractivity (Wildman–Crippen MR) is 157 cm³/mol. The van der Waals surface area contributed by atoms with Gasteiger partial charge in [0.2, 0.25) is 0 Å². The molecule has 0 aliphatic heterocycles. The highest BCUT2D eigenvalue weighted by Crippen LogP contribution is 2.26. The molecule has 0 aliphatic rings. The molecule has 0 bridgehead atoms. The van der Waals surface area contributed by atoms with E-state index in [4.69, 9.17) is 14.2 Å². The van der Waals surface area contributed by atoms with Crippen molar-refractivity contribution < 1.29 is 34.0 Å². The molecule has 0 radical (unpaired) electrons. The largest absolute Gasteiger partial charge is 0.508 e. The average molecular weight is 553 g/mol. The molecule has 41 heavy (non-hydrogen) atoms. The lowest BCUT2D eigenvalue weighted by Crippen LogP contribution is -2.08. The van der Waals surface area contributed by atoms with E-state index in [0.29, 0.717) is 41.6 Å². The monoisotopic (exact) mass is 552 g/mol. The Labute approximate surface area is 239 Å². The van der Waals surface area contributed by atoms with Gasteiger partial charge in [0.15, 0.2) is 5.78 Å². The summed E-state index contributed by atoms with van der Waals surface area (Å²) in [5, 5.41) is 18.9. The Morgan fingerprint density at radius 2 is 1.20 bits per heavy atom. The summed E-state index contributed by atoms with van der Waals surface area (Å²) < 4.78 is 16.8. The molecule has 4 aromatic rings. The van der Waals surface area contributed by atoms with E-state index in [1.165, 1.54) is 24.3 Å². The number of phenols is 2. The van der Waals surface area contributed by atoms with E-state index in [0.717, 1.165) is 31.2 Å². The first-order chi connectivity index (χ1) is 20.0. The topological polar surface area (TPSA) is 102 Å². The van der Waals surface area contributed by atoms with Crippen LogP contribution in [0.3, 0.4) is 0 Å². The normalized spacial score (nSPS) is 10.8. The molecule has 0 spiro atoms. The van der Waals surface area contributed by atoms with Crippen molar-refractivity contribution in [2.24, 2.45) is 0 Å². The molecule has 7 nitrogen and oxygen atoms in total. The van der Waals surface area contributed by atoms with Crippen LogP contribution in [0.1, 0.15) is 52.0 Å². The van der Waals surface area contributed by atoms with Crippen LogP contribution in [0.4, 0.5) is 0 Å². The van der Waals surface area contributed by atoms with Crippen LogP contribution in [0.2, 0.25) is 0 Å². The maximum Gasteiger partial charge on any atom is 0.343 e. The fourth-order valence-corrected chi connectivity index (χ4v) is 3.96. The molecule has 0 heterocycles. The number of unbranched alkanes of at least 4 members (excludes halogenated alkanes) is 3. The quantitative estimate of drug-likeness (QED) is 0.0559. The lowest BCUT2D eigenvalue weighted by atomic mass is 10.1. The predicted octanol–water partition coefficient (Wildman–Crippen LogP) is 7.23. The van der Waals surface area contributed by atoms with Crippen molar-refractivity contribution >= 4 is 17.8 Å². The van der Waals surface area contributed by atoms with Crippen molar-refractivity contribution in [3.05, 3.63) is 120 Å². The van der Waals surface area contributed by atoms with Gasteiger partial charge in [-0.25, -0.2) is 4.79 Å². The summed E-state index contributed by atoms with van der Waals surface area (Å²) >= 11 is 0. The van der Waals surface area contributed by atoms with Crippen molar-refractivity contribution in [2.75, 3.05) is 13.2 Å². The summed E-state index contributed by atoms with van der Waals surface area (Å²) in [6, 6.07) is 27.0. The Kier molecular flexibility index (Phi) is 10.5. The number of carbonyl (C=O) groups is 2. The van der Waals surface area contributed by atoms with E-state index in [9.17, 15) is 19.8 Å². The van der Waals surface area contributed by atoms with Gasteiger partial charge >= 0.3 is 5.97 Å². The van der Waals surface area contributed by atoms with Crippen molar-refractivity contribution in [1.82, 2.24) is 0 Å². The summed E-state index contributed by atoms with van der Waals surface area (Å²) in [6.07, 6.45) is 6.89. The van der Waals surface area contributed by atoms with Crippen LogP contribution in [0.15, 0.2) is 103 Å². The second-order valence-corrected chi connectivity index (χ2v) is 9.34. The average Bonchev–Trinajstić information content (AvgIpc) is 2.98. The number of hydrogen-bond acceptors (Lipinski definition) is 7. The summed E-state index contributed by atoms with van der Waals surface area (Å²) in [5.74, 6) is 0.915. The molecule has 0 atom stereocenters. The van der Waals surface area contributed by atoms with Gasteiger partial charge in [0, 0.05) is 23.8 Å². The van der Waals surface area contributed by atoms with Gasteiger partial charge in [-0.1, -0.05) is 48.5 Å². The molecule has 0 saturated heterocycles. The number of benzene rings is 4. The highest BCUT2D eigenvalue weighted by atomic mass is 16.5. The van der Waals surface area contributed by atoms with Crippen LogP contribution < -0.4 is 14.2 Å². The van der Waals surface area contributed by atoms with E-state index in [1.54, 1.807) is 66.7 Å². The summed E-state index contributed by atoms with van der Waals surface area (Å²) in [4.78, 5) is 24.7. The molecule has 4 aromatic carbocycles. The second kappa shape index (κ2) is 14.9. The van der Waals surface area contributed by atoms with Gasteiger partial charge in [0.1, 0.15) is 28.7 Å². The molecule has 7 heteroatoms. The molecule has 0 saturated carbocycles. The van der Waals surface area contributed by atoms with Crippen LogP contribution in [0, 0.1) is 0 Å². The van der Waals surface area contributed by atoms with Crippen molar-refractivity contribution in [3.8, 4) is 28.7 Å². The Morgan fingerprint density at radius 1 is 0.610 bits per heavy atom. The molecule has 4 rings (SSSR count). The molecule has 0 unspecified atom stereocenters. The minimum absolute atomic E-state index is 0.0315. The van der Waals surface area contributed by atoms with E-state index < -0.39 is 5.97 Å². The maximum absolute atomic E-state index is 12.5. The number of allylic oxidation sites excluding steroid dienone is 1. The van der Waals surface area contributed by atoms with Crippen LogP contribution in [0.25, 0.3) is 6.08 Å². The number of hydrogen-bond donors (Lipinski definition) is 2. The van der Waals surface area contributed by atoms with Gasteiger partial charge in [-0.2, -0.15) is 0 Å². The zero-order valence-corrected chi connectivity index (χ0v) is 22.6. The lowest BCUT2D eigenvalue weighted by molar-refractivity contribution is 0.0734. The van der Waals surface area contributed by atoms with Crippen LogP contribution in [-0.2, 0) is 0 Å². The minimum atomic E-state index is -0.470. The van der Waals surface area contributed by atoms with Gasteiger partial charge in [-0.15, -0.1) is 0 Å². The van der Waals surface area contributed by atoms with Crippen molar-refractivity contribution in [3.63, 3.8) is 0 Å². The first-order valence-electron chi connectivity index (χ1n) is 13.4. The number of carbonyl (C=O) groups excluding carboxylic acids is 2. The first kappa shape index (κ1) is 29.0. The van der Waals surface area contributed by atoms with E-state index in [-0.39, 0.29) is 17.3 Å². The van der Waals surface area contributed by atoms with Gasteiger partial charge in [0.25, 0.3) is 0 Å². The standard InChI is InChI=1S/C34H32O7/c35-28-22-29(36)24-32(23-28)40-21-7-2-1-6-20-39-30-17-13-27(14-18-30)34(38)41-31-15-10-25(11-16-31)12-19-33(37)26-8-4-3-5-9-26/h3-5,8-19,22-24,35-36H,1-2,6-7,20-21H2. The molecule has 210 valence electrons. The summed E-state index contributed by atoms with van der Waals surface area (Å²) in [5.41, 5.74) is 1.85. The third kappa shape index (κ3) is 9.58. The smallest absolute Gasteiger partial charge is 0.343 e. The SMILES string of the molecule is O=C(C=Cc1ccc(OC(=O)c2ccc(OCCCCCCOc3cc(O)cc(O)c3)cc2)cc1)c1ccccc1. The second-order valence-electron chi connectivity index (χ2n) is 9.34. The number of aromatic hydroxyl groups is 2. The van der Waals surface area contributed by atoms with E-state index >= 15 is 0 Å². The highest BCUT2D eigenvalue weighted by Gasteiger charge is 2.09. The van der Waals surface area contributed by atoms with Crippen LogP contribution >= 0.6 is 0 Å². The number of ether oxygens (including phenoxy) is 3. The van der Waals surface area contributed by atoms with E-state index in [2.05, 4.69) is 0 Å². The van der Waals surface area contributed by atoms with Crippen LogP contribution in [-0.4, -0.2) is 35.2 Å². The minimum Gasteiger partial charge on any atom is -0.508 e. The van der Waals surface area contributed by atoms with Gasteiger partial charge < -0.3 is 24.4 Å². The molecular formula is C34H32O7. The number of phenolic OH excluding ortho intramolecular Hbond substituents is 2. The van der Waals surface area contributed by atoms with Crippen LogP contribution in [0.5, 0.6) is 28.7 Å². The number of rotatable bonds is 14. The number of ketones is 1. The fraction of sp³-hybridized carbons (Fsp3) is 0.176. The lowest BCUT2D eigenvalue weighted by Gasteiger charge is -2.09. The molecular weight excluding hydrogens is 520 g/mol. The van der Waals surface area contributed by atoms with Gasteiger partial charge in [-0.05, 0) is 73.7 Å².